The van der Waals surface area contributed by atoms with Crippen LogP contribution in [-0.2, 0) is 13.2 Å². The lowest BCUT2D eigenvalue weighted by Gasteiger charge is -2.12. The molecular weight excluding hydrogens is 244 g/mol. The fraction of sp³-hybridized carbons (Fsp3) is 0.357. The molecule has 0 saturated carbocycles. The summed E-state index contributed by atoms with van der Waals surface area (Å²) in [7, 11) is 0. The molecule has 0 saturated heterocycles. The third-order valence-corrected chi connectivity index (χ3v) is 2.59. The molecule has 1 aromatic carbocycles. The predicted molar refractivity (Wildman–Crippen MR) is 71.1 cm³/mol. The van der Waals surface area contributed by atoms with Crippen molar-refractivity contribution in [1.29, 1.82) is 0 Å². The SMILES string of the molecule is CCOc1cc(CN)ccc1OCc1cc(C)no1. The number of rotatable bonds is 6. The Morgan fingerprint density at radius 3 is 2.68 bits per heavy atom. The van der Waals surface area contributed by atoms with Gasteiger partial charge in [0.15, 0.2) is 17.3 Å². The minimum Gasteiger partial charge on any atom is -0.490 e. The smallest absolute Gasteiger partial charge is 0.174 e. The van der Waals surface area contributed by atoms with Gasteiger partial charge in [-0.25, -0.2) is 0 Å². The van der Waals surface area contributed by atoms with Crippen LogP contribution in [0.5, 0.6) is 11.5 Å². The summed E-state index contributed by atoms with van der Waals surface area (Å²) >= 11 is 0. The summed E-state index contributed by atoms with van der Waals surface area (Å²) in [6.07, 6.45) is 0. The molecule has 19 heavy (non-hydrogen) atoms. The van der Waals surface area contributed by atoms with Crippen LogP contribution in [0.15, 0.2) is 28.8 Å². The van der Waals surface area contributed by atoms with Crippen molar-refractivity contribution in [1.82, 2.24) is 5.16 Å². The molecule has 0 aliphatic carbocycles. The van der Waals surface area contributed by atoms with E-state index in [9.17, 15) is 0 Å². The maximum atomic E-state index is 5.69. The van der Waals surface area contributed by atoms with Gasteiger partial charge in [-0.05, 0) is 31.5 Å². The van der Waals surface area contributed by atoms with Crippen molar-refractivity contribution in [2.24, 2.45) is 5.73 Å². The first-order valence-corrected chi connectivity index (χ1v) is 6.23. The largest absolute Gasteiger partial charge is 0.490 e. The van der Waals surface area contributed by atoms with Gasteiger partial charge in [0.2, 0.25) is 0 Å². The molecule has 0 atom stereocenters. The summed E-state index contributed by atoms with van der Waals surface area (Å²) in [6.45, 7) is 5.17. The van der Waals surface area contributed by atoms with Crippen LogP contribution in [0.1, 0.15) is 23.9 Å². The molecule has 102 valence electrons. The Balaban J connectivity index is 2.10. The number of ether oxygens (including phenoxy) is 2. The maximum absolute atomic E-state index is 5.69. The molecule has 5 nitrogen and oxygen atoms in total. The zero-order valence-electron chi connectivity index (χ0n) is 11.2. The summed E-state index contributed by atoms with van der Waals surface area (Å²) in [6, 6.07) is 7.51. The number of hydrogen-bond acceptors (Lipinski definition) is 5. The van der Waals surface area contributed by atoms with Gasteiger partial charge in [0.05, 0.1) is 12.3 Å². The molecule has 0 unspecified atom stereocenters. The molecule has 5 heteroatoms. The van der Waals surface area contributed by atoms with Gasteiger partial charge in [0.1, 0.15) is 6.61 Å². The van der Waals surface area contributed by atoms with Crippen LogP contribution in [0, 0.1) is 6.92 Å². The fourth-order valence-electron chi connectivity index (χ4n) is 1.70. The molecule has 2 N–H and O–H groups in total. The highest BCUT2D eigenvalue weighted by Gasteiger charge is 2.08. The molecule has 0 bridgehead atoms. The monoisotopic (exact) mass is 262 g/mol. The van der Waals surface area contributed by atoms with E-state index in [2.05, 4.69) is 5.16 Å². The molecule has 0 radical (unpaired) electrons. The zero-order chi connectivity index (χ0) is 13.7. The summed E-state index contributed by atoms with van der Waals surface area (Å²) < 4.78 is 16.3. The van der Waals surface area contributed by atoms with Gasteiger partial charge in [0, 0.05) is 12.6 Å². The van der Waals surface area contributed by atoms with Gasteiger partial charge in [-0.3, -0.25) is 0 Å². The van der Waals surface area contributed by atoms with Gasteiger partial charge in [-0.15, -0.1) is 0 Å². The average molecular weight is 262 g/mol. The van der Waals surface area contributed by atoms with Gasteiger partial charge >= 0.3 is 0 Å². The van der Waals surface area contributed by atoms with E-state index < -0.39 is 0 Å². The van der Waals surface area contributed by atoms with Gasteiger partial charge in [-0.2, -0.15) is 0 Å². The lowest BCUT2D eigenvalue weighted by atomic mass is 10.2. The fourth-order valence-corrected chi connectivity index (χ4v) is 1.70. The van der Waals surface area contributed by atoms with Crippen LogP contribution in [-0.4, -0.2) is 11.8 Å². The van der Waals surface area contributed by atoms with Gasteiger partial charge in [-0.1, -0.05) is 11.2 Å². The van der Waals surface area contributed by atoms with Crippen molar-refractivity contribution < 1.29 is 14.0 Å². The topological polar surface area (TPSA) is 70.5 Å². The number of benzene rings is 1. The van der Waals surface area contributed by atoms with E-state index in [0.717, 1.165) is 11.3 Å². The second-order valence-electron chi connectivity index (χ2n) is 4.14. The zero-order valence-corrected chi connectivity index (χ0v) is 11.2. The molecular formula is C14H18N2O3. The Morgan fingerprint density at radius 1 is 1.21 bits per heavy atom. The molecule has 0 spiro atoms. The van der Waals surface area contributed by atoms with E-state index in [-0.39, 0.29) is 0 Å². The highest BCUT2D eigenvalue weighted by atomic mass is 16.5. The van der Waals surface area contributed by atoms with E-state index in [1.54, 1.807) is 0 Å². The molecule has 0 aliphatic rings. The van der Waals surface area contributed by atoms with Gasteiger partial charge < -0.3 is 19.7 Å². The van der Waals surface area contributed by atoms with Crippen molar-refractivity contribution in [3.05, 3.63) is 41.3 Å². The second-order valence-corrected chi connectivity index (χ2v) is 4.14. The first-order chi connectivity index (χ1) is 9.22. The number of aromatic nitrogens is 1. The van der Waals surface area contributed by atoms with Crippen LogP contribution < -0.4 is 15.2 Å². The maximum Gasteiger partial charge on any atom is 0.174 e. The minimum atomic E-state index is 0.322. The van der Waals surface area contributed by atoms with Crippen LogP contribution in [0.25, 0.3) is 0 Å². The van der Waals surface area contributed by atoms with E-state index >= 15 is 0 Å². The Bertz CT molecular complexity index is 537. The highest BCUT2D eigenvalue weighted by molar-refractivity contribution is 5.43. The molecule has 0 aliphatic heterocycles. The summed E-state index contributed by atoms with van der Waals surface area (Å²) in [5.41, 5.74) is 7.45. The Labute approximate surface area is 112 Å². The van der Waals surface area contributed by atoms with Gasteiger partial charge in [0.25, 0.3) is 0 Å². The van der Waals surface area contributed by atoms with Crippen LogP contribution in [0.3, 0.4) is 0 Å². The number of nitrogens with two attached hydrogens (primary N) is 1. The van der Waals surface area contributed by atoms with Crippen LogP contribution in [0.2, 0.25) is 0 Å². The third-order valence-electron chi connectivity index (χ3n) is 2.59. The molecule has 2 aromatic rings. The van der Waals surface area contributed by atoms with E-state index in [1.807, 2.05) is 38.1 Å². The number of nitrogens with zero attached hydrogens (tertiary/aromatic N) is 1. The quantitative estimate of drug-likeness (QED) is 0.865. The molecule has 1 heterocycles. The Morgan fingerprint density at radius 2 is 2.05 bits per heavy atom. The van der Waals surface area contributed by atoms with Crippen molar-refractivity contribution in [3.63, 3.8) is 0 Å². The van der Waals surface area contributed by atoms with E-state index in [0.29, 0.717) is 37.0 Å². The molecule has 1 aromatic heterocycles. The summed E-state index contributed by atoms with van der Waals surface area (Å²) in [5.74, 6) is 2.05. The molecule has 0 amide bonds. The van der Waals surface area contributed by atoms with Crippen molar-refractivity contribution >= 4 is 0 Å². The van der Waals surface area contributed by atoms with Crippen molar-refractivity contribution in [3.8, 4) is 11.5 Å². The normalized spacial score (nSPS) is 10.5. The summed E-state index contributed by atoms with van der Waals surface area (Å²) in [4.78, 5) is 0. The third kappa shape index (κ3) is 3.48. The van der Waals surface area contributed by atoms with Crippen LogP contribution in [0.4, 0.5) is 0 Å². The summed E-state index contributed by atoms with van der Waals surface area (Å²) in [5, 5.41) is 3.81. The molecule has 0 fully saturated rings. The number of aryl methyl sites for hydroxylation is 1. The first kappa shape index (κ1) is 13.4. The predicted octanol–water partition coefficient (Wildman–Crippen LogP) is 2.42. The van der Waals surface area contributed by atoms with E-state index in [4.69, 9.17) is 19.7 Å². The lowest BCUT2D eigenvalue weighted by Crippen LogP contribution is -2.02. The van der Waals surface area contributed by atoms with Crippen molar-refractivity contribution in [2.75, 3.05) is 6.61 Å². The standard InChI is InChI=1S/C14H18N2O3/c1-3-17-14-7-11(8-15)4-5-13(14)18-9-12-6-10(2)16-19-12/h4-7H,3,8-9,15H2,1-2H3. The average Bonchev–Trinajstić information content (AvgIpc) is 2.83. The van der Waals surface area contributed by atoms with E-state index in [1.165, 1.54) is 0 Å². The van der Waals surface area contributed by atoms with Crippen molar-refractivity contribution in [2.45, 2.75) is 27.0 Å². The highest BCUT2D eigenvalue weighted by Crippen LogP contribution is 2.29. The number of hydrogen-bond donors (Lipinski definition) is 1. The van der Waals surface area contributed by atoms with Crippen LogP contribution >= 0.6 is 0 Å². The molecule has 2 rings (SSSR count). The first-order valence-electron chi connectivity index (χ1n) is 6.23. The lowest BCUT2D eigenvalue weighted by molar-refractivity contribution is 0.233. The Kier molecular flexibility index (Phi) is 4.41. The Hall–Kier alpha value is -2.01. The second kappa shape index (κ2) is 6.24. The minimum absolute atomic E-state index is 0.322.